The number of methoxy groups -OCH3 is 1. The predicted molar refractivity (Wildman–Crippen MR) is 135 cm³/mol. The molecule has 0 radical (unpaired) electrons. The predicted octanol–water partition coefficient (Wildman–Crippen LogP) is 6.59. The molecule has 0 amide bonds. The Morgan fingerprint density at radius 2 is 1.58 bits per heavy atom. The van der Waals surface area contributed by atoms with Gasteiger partial charge in [0.2, 0.25) is 5.12 Å². The van der Waals surface area contributed by atoms with E-state index in [0.717, 1.165) is 45.5 Å². The van der Waals surface area contributed by atoms with Gasteiger partial charge in [0.1, 0.15) is 11.6 Å². The fourth-order valence-electron chi connectivity index (χ4n) is 3.39. The van der Waals surface area contributed by atoms with E-state index in [2.05, 4.69) is 12.1 Å². The molecule has 0 aromatic heterocycles. The van der Waals surface area contributed by atoms with E-state index in [1.54, 1.807) is 19.2 Å². The van der Waals surface area contributed by atoms with E-state index in [9.17, 15) is 9.18 Å². The highest BCUT2D eigenvalue weighted by Crippen LogP contribution is 2.28. The van der Waals surface area contributed by atoms with Gasteiger partial charge in [-0.2, -0.15) is 0 Å². The highest BCUT2D eigenvalue weighted by Gasteiger charge is 2.12. The first-order valence-electron chi connectivity index (χ1n) is 10.5. The van der Waals surface area contributed by atoms with Crippen molar-refractivity contribution in [2.24, 2.45) is 0 Å². The molecule has 6 heteroatoms. The Kier molecular flexibility index (Phi) is 8.31. The van der Waals surface area contributed by atoms with Crippen LogP contribution in [0.4, 0.5) is 10.1 Å². The second-order valence-corrected chi connectivity index (χ2v) is 8.97. The molecule has 172 valence electrons. The number of nitrogens with zero attached hydrogens (tertiary/aromatic N) is 1. The molecule has 0 aliphatic heterocycles. The van der Waals surface area contributed by atoms with Gasteiger partial charge in [0.15, 0.2) is 6.79 Å². The Morgan fingerprint density at radius 3 is 2.15 bits per heavy atom. The summed E-state index contributed by atoms with van der Waals surface area (Å²) in [5.74, 6) is 0.506. The molecule has 0 spiro atoms. The maximum Gasteiger partial charge on any atom is 0.224 e. The lowest BCUT2D eigenvalue weighted by molar-refractivity contribution is 0.0501. The summed E-state index contributed by atoms with van der Waals surface area (Å²) in [5.41, 5.74) is 5.53. The minimum Gasteiger partial charge on any atom is -0.467 e. The molecule has 4 nitrogen and oxygen atoms in total. The van der Waals surface area contributed by atoms with Crippen molar-refractivity contribution in [1.82, 2.24) is 0 Å². The number of rotatable bonds is 8. The van der Waals surface area contributed by atoms with Crippen LogP contribution in [0.5, 0.6) is 5.75 Å². The zero-order valence-corrected chi connectivity index (χ0v) is 20.3. The van der Waals surface area contributed by atoms with Crippen molar-refractivity contribution in [3.63, 3.8) is 0 Å². The van der Waals surface area contributed by atoms with Crippen LogP contribution in [0.2, 0.25) is 0 Å². The molecule has 0 heterocycles. The van der Waals surface area contributed by atoms with Crippen molar-refractivity contribution < 1.29 is 18.7 Å². The lowest BCUT2D eigenvalue weighted by Crippen LogP contribution is -2.10. The molecule has 3 aromatic rings. The van der Waals surface area contributed by atoms with Gasteiger partial charge >= 0.3 is 0 Å². The second kappa shape index (κ2) is 11.2. The van der Waals surface area contributed by atoms with Crippen molar-refractivity contribution in [2.75, 3.05) is 32.9 Å². The third-order valence-electron chi connectivity index (χ3n) is 4.99. The maximum atomic E-state index is 13.2. The maximum absolute atomic E-state index is 13.2. The Morgan fingerprint density at radius 1 is 0.970 bits per heavy atom. The normalized spacial score (nSPS) is 11.1. The van der Waals surface area contributed by atoms with Crippen LogP contribution >= 0.6 is 11.8 Å². The lowest BCUT2D eigenvalue weighted by atomic mass is 10.0. The number of halogens is 1. The molecule has 0 bridgehead atoms. The summed E-state index contributed by atoms with van der Waals surface area (Å²) in [7, 11) is 5.48. The smallest absolute Gasteiger partial charge is 0.224 e. The van der Waals surface area contributed by atoms with Gasteiger partial charge in [-0.15, -0.1) is 0 Å². The monoisotopic (exact) mass is 465 g/mol. The van der Waals surface area contributed by atoms with Crippen LogP contribution in [0.3, 0.4) is 0 Å². The van der Waals surface area contributed by atoms with Gasteiger partial charge in [-0.25, -0.2) is 4.39 Å². The minimum atomic E-state index is -0.322. The molecule has 0 N–H and O–H groups in total. The number of benzene rings is 3. The Labute approximate surface area is 199 Å². The number of hydrogen-bond acceptors (Lipinski definition) is 5. The highest BCUT2D eigenvalue weighted by atomic mass is 32.2. The number of carbonyl (C=O) groups is 1. The van der Waals surface area contributed by atoms with Crippen LogP contribution < -0.4 is 9.64 Å². The average molecular weight is 466 g/mol. The Balaban J connectivity index is 1.87. The summed E-state index contributed by atoms with van der Waals surface area (Å²) < 4.78 is 23.8. The molecule has 0 saturated carbocycles. The standard InChI is InChI=1S/C27H28FNO3S/c1-18-12-20(13-19(2)26(18)32-17-31-5)6-7-21-14-22(16-24(15-21)29(3)4)27(30)33-25-10-8-23(28)9-11-25/h6-16H,17H2,1-5H3/b7-6+. The van der Waals surface area contributed by atoms with Crippen molar-refractivity contribution >= 4 is 34.7 Å². The highest BCUT2D eigenvalue weighted by molar-refractivity contribution is 8.14. The van der Waals surface area contributed by atoms with Gasteiger partial charge in [-0.3, -0.25) is 4.79 Å². The van der Waals surface area contributed by atoms with Gasteiger partial charge in [0.05, 0.1) is 0 Å². The average Bonchev–Trinajstić information content (AvgIpc) is 2.78. The van der Waals surface area contributed by atoms with Crippen molar-refractivity contribution in [3.05, 3.63) is 88.2 Å². The molecular formula is C27H28FNO3S. The van der Waals surface area contributed by atoms with E-state index >= 15 is 0 Å². The zero-order chi connectivity index (χ0) is 24.0. The first kappa shape index (κ1) is 24.6. The topological polar surface area (TPSA) is 38.8 Å². The fourth-order valence-corrected chi connectivity index (χ4v) is 4.12. The zero-order valence-electron chi connectivity index (χ0n) is 19.5. The van der Waals surface area contributed by atoms with Gasteiger partial charge in [-0.05, 0) is 102 Å². The number of aryl methyl sites for hydroxylation is 2. The largest absolute Gasteiger partial charge is 0.467 e. The van der Waals surface area contributed by atoms with Crippen LogP contribution in [0.1, 0.15) is 32.6 Å². The first-order chi connectivity index (χ1) is 15.8. The number of anilines is 1. The fraction of sp³-hybridized carbons (Fsp3) is 0.222. The summed E-state index contributed by atoms with van der Waals surface area (Å²) >= 11 is 1.09. The van der Waals surface area contributed by atoms with Gasteiger partial charge < -0.3 is 14.4 Å². The van der Waals surface area contributed by atoms with E-state index in [0.29, 0.717) is 10.5 Å². The van der Waals surface area contributed by atoms with E-state index in [4.69, 9.17) is 9.47 Å². The van der Waals surface area contributed by atoms with Gasteiger partial charge in [0, 0.05) is 37.4 Å². The molecule has 0 aliphatic rings. The Hall–Kier alpha value is -3.09. The Bertz CT molecular complexity index is 1130. The molecule has 0 atom stereocenters. The van der Waals surface area contributed by atoms with Gasteiger partial charge in [0.25, 0.3) is 0 Å². The first-order valence-corrected chi connectivity index (χ1v) is 11.3. The van der Waals surface area contributed by atoms with Crippen LogP contribution in [-0.4, -0.2) is 33.1 Å². The van der Waals surface area contributed by atoms with Crippen molar-refractivity contribution in [1.29, 1.82) is 0 Å². The molecular weight excluding hydrogens is 437 g/mol. The summed E-state index contributed by atoms with van der Waals surface area (Å²) in [6.45, 7) is 4.22. The van der Waals surface area contributed by atoms with Crippen LogP contribution in [0, 0.1) is 19.7 Å². The number of carbonyl (C=O) groups excluding carboxylic acids is 1. The van der Waals surface area contributed by atoms with E-state index in [1.165, 1.54) is 12.1 Å². The molecule has 0 fully saturated rings. The summed E-state index contributed by atoms with van der Waals surface area (Å²) in [6.07, 6.45) is 4.02. The number of ether oxygens (including phenoxy) is 2. The quantitative estimate of drug-likeness (QED) is 0.213. The van der Waals surface area contributed by atoms with Crippen LogP contribution in [0.15, 0.2) is 59.5 Å². The third kappa shape index (κ3) is 6.70. The molecule has 0 saturated heterocycles. The third-order valence-corrected chi connectivity index (χ3v) is 5.92. The molecule has 33 heavy (non-hydrogen) atoms. The molecule has 3 rings (SSSR count). The van der Waals surface area contributed by atoms with Crippen molar-refractivity contribution in [3.8, 4) is 5.75 Å². The number of thioether (sulfide) groups is 1. The summed E-state index contributed by atoms with van der Waals surface area (Å²) in [4.78, 5) is 15.6. The summed E-state index contributed by atoms with van der Waals surface area (Å²) in [5, 5.41) is -0.0914. The summed E-state index contributed by atoms with van der Waals surface area (Å²) in [6, 6.07) is 15.8. The lowest BCUT2D eigenvalue weighted by Gasteiger charge is -2.15. The van der Waals surface area contributed by atoms with Crippen LogP contribution in [0.25, 0.3) is 12.2 Å². The van der Waals surface area contributed by atoms with Crippen molar-refractivity contribution in [2.45, 2.75) is 18.7 Å². The minimum absolute atomic E-state index is 0.0914. The van der Waals surface area contributed by atoms with Crippen LogP contribution in [-0.2, 0) is 4.74 Å². The SMILES string of the molecule is COCOc1c(C)cc(/C=C/c2cc(C(=O)Sc3ccc(F)cc3)cc(N(C)C)c2)cc1C. The number of hydrogen-bond donors (Lipinski definition) is 0. The van der Waals surface area contributed by atoms with E-state index in [-0.39, 0.29) is 17.7 Å². The van der Waals surface area contributed by atoms with E-state index < -0.39 is 0 Å². The van der Waals surface area contributed by atoms with Gasteiger partial charge in [-0.1, -0.05) is 12.2 Å². The van der Waals surface area contributed by atoms with E-state index in [1.807, 2.05) is 63.2 Å². The second-order valence-electron chi connectivity index (χ2n) is 7.92. The molecule has 0 aliphatic carbocycles. The molecule has 0 unspecified atom stereocenters. The molecule has 3 aromatic carbocycles.